The molecule has 0 radical (unpaired) electrons. The van der Waals surface area contributed by atoms with Crippen molar-refractivity contribution in [3.63, 3.8) is 0 Å². The Morgan fingerprint density at radius 1 is 1.06 bits per heavy atom. The lowest BCUT2D eigenvalue weighted by atomic mass is 10.1. The maximum atomic E-state index is 14.6. The van der Waals surface area contributed by atoms with E-state index in [1.807, 2.05) is 0 Å². The van der Waals surface area contributed by atoms with Crippen molar-refractivity contribution < 1.29 is 14.0 Å². The number of nitrogens with zero attached hydrogens (tertiary/aromatic N) is 3. The smallest absolute Gasteiger partial charge is 0.337 e. The second-order valence-corrected chi connectivity index (χ2v) is 9.67. The highest BCUT2D eigenvalue weighted by atomic mass is 32.1. The summed E-state index contributed by atoms with van der Waals surface area (Å²) in [5.74, 6) is -0.701. The Hall–Kier alpha value is -3.85. The van der Waals surface area contributed by atoms with Crippen LogP contribution in [0.2, 0.25) is 0 Å². The highest BCUT2D eigenvalue weighted by Gasteiger charge is 2.28. The molecule has 178 valence electrons. The Bertz CT molecular complexity index is 1630. The Labute approximate surface area is 203 Å². The molecule has 0 spiro atoms. The fraction of sp³-hybridized carbons (Fsp3) is 0.231. The molecule has 2 aromatic carbocycles. The lowest BCUT2D eigenvalue weighted by Crippen LogP contribution is -2.39. The van der Waals surface area contributed by atoms with Gasteiger partial charge in [-0.25, -0.2) is 13.8 Å². The summed E-state index contributed by atoms with van der Waals surface area (Å²) in [6.07, 6.45) is 0.482. The average molecular weight is 492 g/mol. The maximum absolute atomic E-state index is 14.6. The van der Waals surface area contributed by atoms with Gasteiger partial charge < -0.3 is 4.90 Å². The number of ketones is 1. The Kier molecular flexibility index (Phi) is 5.72. The van der Waals surface area contributed by atoms with Gasteiger partial charge in [0, 0.05) is 29.5 Å². The van der Waals surface area contributed by atoms with Gasteiger partial charge in [-0.1, -0.05) is 30.3 Å². The van der Waals surface area contributed by atoms with E-state index in [9.17, 15) is 23.6 Å². The van der Waals surface area contributed by atoms with Crippen LogP contribution in [-0.2, 0) is 24.3 Å². The molecular formula is C26H22FN3O4S. The van der Waals surface area contributed by atoms with E-state index in [0.717, 1.165) is 15.0 Å². The van der Waals surface area contributed by atoms with Crippen LogP contribution in [0.1, 0.15) is 40.2 Å². The van der Waals surface area contributed by atoms with Crippen molar-refractivity contribution in [1.29, 1.82) is 0 Å². The molecule has 0 N–H and O–H groups in total. The number of fused-ring (bicyclic) bond motifs is 3. The number of hydrogen-bond acceptors (Lipinski definition) is 5. The minimum atomic E-state index is -0.617. The number of amides is 1. The second-order valence-electron chi connectivity index (χ2n) is 8.58. The number of carbonyl (C=O) groups excluding carboxylic acids is 2. The standard InChI is InChI=1S/C26H22FN3O4S/c1-15(31)17-7-5-8-19(12-17)30-24(33)23-20-10-11-28(16(2)32)14-22(20)35-25(23)29(26(30)34)13-18-6-3-4-9-21(18)27/h3-9,12H,10-11,13-14H2,1-2H3. The first kappa shape index (κ1) is 22.9. The molecule has 3 heterocycles. The van der Waals surface area contributed by atoms with Gasteiger partial charge in [0.05, 0.1) is 24.2 Å². The van der Waals surface area contributed by atoms with Crippen LogP contribution < -0.4 is 11.2 Å². The minimum Gasteiger partial charge on any atom is -0.337 e. The topological polar surface area (TPSA) is 81.4 Å². The van der Waals surface area contributed by atoms with E-state index in [2.05, 4.69) is 0 Å². The van der Waals surface area contributed by atoms with Crippen LogP contribution in [0.25, 0.3) is 15.9 Å². The number of hydrogen-bond donors (Lipinski definition) is 0. The largest absolute Gasteiger partial charge is 0.337 e. The molecule has 2 aromatic heterocycles. The van der Waals surface area contributed by atoms with E-state index in [-0.39, 0.29) is 23.9 Å². The highest BCUT2D eigenvalue weighted by molar-refractivity contribution is 7.18. The zero-order chi connectivity index (χ0) is 24.9. The number of rotatable bonds is 4. The predicted molar refractivity (Wildman–Crippen MR) is 132 cm³/mol. The molecule has 0 saturated carbocycles. The molecule has 0 fully saturated rings. The van der Waals surface area contributed by atoms with Crippen LogP contribution in [-0.4, -0.2) is 32.3 Å². The summed E-state index contributed by atoms with van der Waals surface area (Å²) in [7, 11) is 0. The van der Waals surface area contributed by atoms with Gasteiger partial charge in [-0.05, 0) is 37.1 Å². The van der Waals surface area contributed by atoms with E-state index in [1.165, 1.54) is 41.9 Å². The van der Waals surface area contributed by atoms with Crippen LogP contribution in [0, 0.1) is 5.82 Å². The number of carbonyl (C=O) groups is 2. The van der Waals surface area contributed by atoms with E-state index in [0.29, 0.717) is 40.9 Å². The quantitative estimate of drug-likeness (QED) is 0.409. The molecule has 1 aliphatic heterocycles. The first-order valence-electron chi connectivity index (χ1n) is 11.2. The molecule has 1 amide bonds. The van der Waals surface area contributed by atoms with Gasteiger partial charge in [0.15, 0.2) is 5.78 Å². The van der Waals surface area contributed by atoms with Crippen molar-refractivity contribution in [2.75, 3.05) is 6.54 Å². The van der Waals surface area contributed by atoms with Gasteiger partial charge in [0.1, 0.15) is 10.6 Å². The number of thiophene rings is 1. The van der Waals surface area contributed by atoms with Crippen LogP contribution in [0.5, 0.6) is 0 Å². The number of aromatic nitrogens is 2. The van der Waals surface area contributed by atoms with Gasteiger partial charge in [0.2, 0.25) is 5.91 Å². The molecule has 4 aromatic rings. The monoisotopic (exact) mass is 491 g/mol. The normalized spacial score (nSPS) is 13.2. The summed E-state index contributed by atoms with van der Waals surface area (Å²) in [6.45, 7) is 3.68. The number of Topliss-reactive ketones (excluding diaryl/α,β-unsaturated/α-hetero) is 1. The summed E-state index contributed by atoms with van der Waals surface area (Å²) >= 11 is 1.29. The summed E-state index contributed by atoms with van der Waals surface area (Å²) in [4.78, 5) is 54.4. The van der Waals surface area contributed by atoms with Crippen LogP contribution in [0.3, 0.4) is 0 Å². The third-order valence-electron chi connectivity index (χ3n) is 6.37. The molecule has 9 heteroatoms. The average Bonchev–Trinajstić information content (AvgIpc) is 3.22. The first-order chi connectivity index (χ1) is 16.8. The zero-order valence-electron chi connectivity index (χ0n) is 19.2. The van der Waals surface area contributed by atoms with Crippen LogP contribution in [0.4, 0.5) is 4.39 Å². The predicted octanol–water partition coefficient (Wildman–Crippen LogP) is 3.51. The van der Waals surface area contributed by atoms with Gasteiger partial charge >= 0.3 is 5.69 Å². The van der Waals surface area contributed by atoms with Crippen molar-refractivity contribution in [2.24, 2.45) is 0 Å². The fourth-order valence-electron chi connectivity index (χ4n) is 4.50. The summed E-state index contributed by atoms with van der Waals surface area (Å²) in [5.41, 5.74) is 0.677. The zero-order valence-corrected chi connectivity index (χ0v) is 20.0. The SMILES string of the molecule is CC(=O)c1cccc(-n2c(=O)c3c4c(sc3n(Cc3ccccc3F)c2=O)CN(C(C)=O)CC4)c1. The Morgan fingerprint density at radius 3 is 2.54 bits per heavy atom. The molecule has 0 saturated heterocycles. The summed E-state index contributed by atoms with van der Waals surface area (Å²) < 4.78 is 17.0. The van der Waals surface area contributed by atoms with E-state index in [4.69, 9.17) is 0 Å². The minimum absolute atomic E-state index is 0.0599. The second kappa shape index (κ2) is 8.74. The lowest BCUT2D eigenvalue weighted by molar-refractivity contribution is -0.129. The van der Waals surface area contributed by atoms with Gasteiger partial charge in [0.25, 0.3) is 5.56 Å². The highest BCUT2D eigenvalue weighted by Crippen LogP contribution is 2.33. The Morgan fingerprint density at radius 2 is 1.83 bits per heavy atom. The number of benzene rings is 2. The molecule has 0 atom stereocenters. The first-order valence-corrected chi connectivity index (χ1v) is 12.0. The maximum Gasteiger partial charge on any atom is 0.337 e. The molecule has 5 rings (SSSR count). The van der Waals surface area contributed by atoms with Gasteiger partial charge in [-0.15, -0.1) is 11.3 Å². The van der Waals surface area contributed by atoms with Crippen molar-refractivity contribution in [3.8, 4) is 5.69 Å². The third kappa shape index (κ3) is 3.91. The van der Waals surface area contributed by atoms with Crippen molar-refractivity contribution >= 4 is 33.2 Å². The van der Waals surface area contributed by atoms with Crippen molar-refractivity contribution in [3.05, 3.63) is 96.8 Å². The van der Waals surface area contributed by atoms with Gasteiger partial charge in [-0.2, -0.15) is 0 Å². The van der Waals surface area contributed by atoms with Crippen molar-refractivity contribution in [2.45, 2.75) is 33.4 Å². The van der Waals surface area contributed by atoms with Crippen LogP contribution >= 0.6 is 11.3 Å². The molecule has 0 aliphatic carbocycles. The molecule has 35 heavy (non-hydrogen) atoms. The van der Waals surface area contributed by atoms with E-state index in [1.54, 1.807) is 41.3 Å². The molecule has 0 bridgehead atoms. The van der Waals surface area contributed by atoms with Gasteiger partial charge in [-0.3, -0.25) is 19.0 Å². The summed E-state index contributed by atoms with van der Waals surface area (Å²) in [6, 6.07) is 12.6. The van der Waals surface area contributed by atoms with E-state index < -0.39 is 17.1 Å². The number of halogens is 1. The molecular weight excluding hydrogens is 469 g/mol. The molecule has 7 nitrogen and oxygen atoms in total. The van der Waals surface area contributed by atoms with Crippen LogP contribution in [0.15, 0.2) is 58.1 Å². The van der Waals surface area contributed by atoms with E-state index >= 15 is 0 Å². The Balaban J connectivity index is 1.82. The molecule has 1 aliphatic rings. The fourth-order valence-corrected chi connectivity index (χ4v) is 5.85. The lowest BCUT2D eigenvalue weighted by Gasteiger charge is -2.25. The van der Waals surface area contributed by atoms with Crippen molar-refractivity contribution in [1.82, 2.24) is 14.0 Å². The third-order valence-corrected chi connectivity index (χ3v) is 7.60. The molecule has 0 unspecified atom stereocenters. The summed E-state index contributed by atoms with van der Waals surface area (Å²) in [5, 5.41) is 0.400.